The van der Waals surface area contributed by atoms with Gasteiger partial charge in [-0.05, 0) is 17.7 Å². The summed E-state index contributed by atoms with van der Waals surface area (Å²) in [6.45, 7) is 0. The first-order valence-electron chi connectivity index (χ1n) is 4.16. The topological polar surface area (TPSA) is 61.5 Å². The third-order valence-electron chi connectivity index (χ3n) is 1.91. The molecule has 1 rings (SSSR count). The molecule has 1 aromatic carbocycles. The summed E-state index contributed by atoms with van der Waals surface area (Å²) < 4.78 is 9.55. The second-order valence-corrected chi connectivity index (χ2v) is 2.78. The van der Waals surface area contributed by atoms with E-state index >= 15 is 0 Å². The van der Waals surface area contributed by atoms with Gasteiger partial charge in [-0.15, -0.1) is 12.4 Å². The fourth-order valence-electron chi connectivity index (χ4n) is 1.10. The molecule has 0 heterocycles. The number of carbonyl (C=O) groups excluding carboxylic acids is 1. The number of esters is 1. The summed E-state index contributed by atoms with van der Waals surface area (Å²) in [6.07, 6.45) is 0. The summed E-state index contributed by atoms with van der Waals surface area (Å²) in [4.78, 5) is 11.1. The van der Waals surface area contributed by atoms with Crippen molar-refractivity contribution in [3.05, 3.63) is 29.8 Å². The van der Waals surface area contributed by atoms with Crippen molar-refractivity contribution in [3.63, 3.8) is 0 Å². The highest BCUT2D eigenvalue weighted by Crippen LogP contribution is 2.18. The van der Waals surface area contributed by atoms with Gasteiger partial charge in [-0.25, -0.2) is 0 Å². The maximum Gasteiger partial charge on any atom is 0.327 e. The average molecular weight is 232 g/mol. The zero-order valence-corrected chi connectivity index (χ0v) is 9.41. The lowest BCUT2D eigenvalue weighted by Gasteiger charge is -2.10. The van der Waals surface area contributed by atoms with E-state index < -0.39 is 12.0 Å². The molecule has 0 radical (unpaired) electrons. The lowest BCUT2D eigenvalue weighted by atomic mass is 10.1. The second kappa shape index (κ2) is 6.27. The van der Waals surface area contributed by atoms with Crippen molar-refractivity contribution in [1.82, 2.24) is 0 Å². The number of carbonyl (C=O) groups is 1. The van der Waals surface area contributed by atoms with E-state index in [-0.39, 0.29) is 12.4 Å². The van der Waals surface area contributed by atoms with E-state index in [1.165, 1.54) is 7.11 Å². The Morgan fingerprint density at radius 3 is 2.60 bits per heavy atom. The minimum absolute atomic E-state index is 0. The van der Waals surface area contributed by atoms with E-state index in [1.54, 1.807) is 31.4 Å². The number of hydrogen-bond donors (Lipinski definition) is 1. The summed E-state index contributed by atoms with van der Waals surface area (Å²) in [7, 11) is 2.87. The van der Waals surface area contributed by atoms with Gasteiger partial charge in [0.15, 0.2) is 0 Å². The highest BCUT2D eigenvalue weighted by molar-refractivity contribution is 5.85. The van der Waals surface area contributed by atoms with Gasteiger partial charge in [0.2, 0.25) is 0 Å². The molecular weight excluding hydrogens is 218 g/mol. The summed E-state index contributed by atoms with van der Waals surface area (Å²) in [5.74, 6) is 0.208. The molecule has 0 aliphatic carbocycles. The first-order valence-corrected chi connectivity index (χ1v) is 4.16. The molecule has 0 amide bonds. The van der Waals surface area contributed by atoms with Crippen LogP contribution in [0.3, 0.4) is 0 Å². The standard InChI is InChI=1S/C10H13NO3.ClH/c1-13-8-5-3-4-7(6-8)9(11)10(12)14-2;/h3-6,9H,11H2,1-2H3;1H/t9-;/m0./s1. The van der Waals surface area contributed by atoms with Crippen molar-refractivity contribution in [3.8, 4) is 5.75 Å². The van der Waals surface area contributed by atoms with E-state index in [1.807, 2.05) is 0 Å². The zero-order valence-electron chi connectivity index (χ0n) is 8.60. The maximum atomic E-state index is 11.1. The van der Waals surface area contributed by atoms with Crippen LogP contribution in [-0.4, -0.2) is 20.2 Å². The highest BCUT2D eigenvalue weighted by Gasteiger charge is 2.16. The number of rotatable bonds is 3. The third-order valence-corrected chi connectivity index (χ3v) is 1.91. The van der Waals surface area contributed by atoms with Crippen LogP contribution in [0.4, 0.5) is 0 Å². The van der Waals surface area contributed by atoms with E-state index in [0.717, 1.165) is 0 Å². The Bertz CT molecular complexity index is 330. The lowest BCUT2D eigenvalue weighted by molar-refractivity contribution is -0.142. The molecule has 1 atom stereocenters. The molecule has 0 spiro atoms. The molecule has 0 aliphatic heterocycles. The van der Waals surface area contributed by atoms with Crippen LogP contribution in [0.1, 0.15) is 11.6 Å². The van der Waals surface area contributed by atoms with Crippen molar-refractivity contribution in [2.24, 2.45) is 5.73 Å². The largest absolute Gasteiger partial charge is 0.497 e. The predicted molar refractivity (Wildman–Crippen MR) is 59.2 cm³/mol. The molecule has 0 unspecified atom stereocenters. The predicted octanol–water partition coefficient (Wildman–Crippen LogP) is 1.29. The summed E-state index contributed by atoms with van der Waals surface area (Å²) in [5.41, 5.74) is 6.32. The van der Waals surface area contributed by atoms with Crippen molar-refractivity contribution < 1.29 is 14.3 Å². The maximum absolute atomic E-state index is 11.1. The van der Waals surface area contributed by atoms with Crippen molar-refractivity contribution >= 4 is 18.4 Å². The van der Waals surface area contributed by atoms with Gasteiger partial charge in [-0.2, -0.15) is 0 Å². The van der Waals surface area contributed by atoms with Crippen LogP contribution in [0.2, 0.25) is 0 Å². The highest BCUT2D eigenvalue weighted by atomic mass is 35.5. The molecule has 5 heteroatoms. The van der Waals surface area contributed by atoms with Crippen LogP contribution in [0.5, 0.6) is 5.75 Å². The van der Waals surface area contributed by atoms with E-state index in [0.29, 0.717) is 11.3 Å². The monoisotopic (exact) mass is 231 g/mol. The van der Waals surface area contributed by atoms with Crippen LogP contribution in [-0.2, 0) is 9.53 Å². The van der Waals surface area contributed by atoms with Crippen LogP contribution in [0, 0.1) is 0 Å². The fraction of sp³-hybridized carbons (Fsp3) is 0.300. The lowest BCUT2D eigenvalue weighted by Crippen LogP contribution is -2.22. The SMILES string of the molecule is COC(=O)[C@@H](N)c1cccc(OC)c1.Cl. The van der Waals surface area contributed by atoms with Crippen LogP contribution in [0.25, 0.3) is 0 Å². The number of nitrogens with two attached hydrogens (primary N) is 1. The second-order valence-electron chi connectivity index (χ2n) is 2.78. The van der Waals surface area contributed by atoms with Gasteiger partial charge < -0.3 is 15.2 Å². The van der Waals surface area contributed by atoms with Gasteiger partial charge in [0.25, 0.3) is 0 Å². The first kappa shape index (κ1) is 13.7. The quantitative estimate of drug-likeness (QED) is 0.797. The normalized spacial score (nSPS) is 11.1. The Morgan fingerprint density at radius 2 is 2.07 bits per heavy atom. The molecule has 0 fully saturated rings. The number of halogens is 1. The van der Waals surface area contributed by atoms with Gasteiger partial charge in [0.1, 0.15) is 11.8 Å². The molecule has 1 aromatic rings. The minimum Gasteiger partial charge on any atom is -0.497 e. The smallest absolute Gasteiger partial charge is 0.327 e. The molecule has 0 saturated carbocycles. The minimum atomic E-state index is -0.755. The molecule has 4 nitrogen and oxygen atoms in total. The number of ether oxygens (including phenoxy) is 2. The van der Waals surface area contributed by atoms with Gasteiger partial charge in [0, 0.05) is 0 Å². The molecule has 0 aliphatic rings. The Balaban J connectivity index is 0.00000196. The Hall–Kier alpha value is -1.26. The van der Waals surface area contributed by atoms with Crippen molar-refractivity contribution in [2.75, 3.05) is 14.2 Å². The van der Waals surface area contributed by atoms with E-state index in [2.05, 4.69) is 4.74 Å². The van der Waals surface area contributed by atoms with Crippen LogP contribution in [0.15, 0.2) is 24.3 Å². The summed E-state index contributed by atoms with van der Waals surface area (Å²) in [5, 5.41) is 0. The summed E-state index contributed by atoms with van der Waals surface area (Å²) >= 11 is 0. The van der Waals surface area contributed by atoms with E-state index in [9.17, 15) is 4.79 Å². The van der Waals surface area contributed by atoms with Gasteiger partial charge in [0.05, 0.1) is 14.2 Å². The molecule has 15 heavy (non-hydrogen) atoms. The van der Waals surface area contributed by atoms with E-state index in [4.69, 9.17) is 10.5 Å². The molecular formula is C10H14ClNO3. The Morgan fingerprint density at radius 1 is 1.40 bits per heavy atom. The van der Waals surface area contributed by atoms with Gasteiger partial charge >= 0.3 is 5.97 Å². The molecule has 2 N–H and O–H groups in total. The molecule has 0 saturated heterocycles. The molecule has 0 bridgehead atoms. The van der Waals surface area contributed by atoms with Gasteiger partial charge in [-0.3, -0.25) is 4.79 Å². The third kappa shape index (κ3) is 3.42. The molecule has 84 valence electrons. The fourth-order valence-corrected chi connectivity index (χ4v) is 1.10. The number of benzene rings is 1. The Kier molecular flexibility index (Phi) is 5.74. The summed E-state index contributed by atoms with van der Waals surface area (Å²) in [6, 6.07) is 6.27. The molecule has 0 aromatic heterocycles. The number of methoxy groups -OCH3 is 2. The zero-order chi connectivity index (χ0) is 10.6. The first-order chi connectivity index (χ1) is 6.69. The number of hydrogen-bond acceptors (Lipinski definition) is 4. The van der Waals surface area contributed by atoms with Gasteiger partial charge in [-0.1, -0.05) is 12.1 Å². The van der Waals surface area contributed by atoms with Crippen molar-refractivity contribution in [1.29, 1.82) is 0 Å². The van der Waals surface area contributed by atoms with Crippen LogP contribution >= 0.6 is 12.4 Å². The Labute approximate surface area is 94.8 Å². The average Bonchev–Trinajstić information content (AvgIpc) is 2.27. The van der Waals surface area contributed by atoms with Crippen LogP contribution < -0.4 is 10.5 Å². The van der Waals surface area contributed by atoms with Crippen molar-refractivity contribution in [2.45, 2.75) is 6.04 Å².